The molecule has 0 spiro atoms. The maximum absolute atomic E-state index is 13.9. The summed E-state index contributed by atoms with van der Waals surface area (Å²) in [7, 11) is 0. The molecule has 2 aromatic carbocycles. The highest BCUT2D eigenvalue weighted by molar-refractivity contribution is 6.04. The van der Waals surface area contributed by atoms with Crippen molar-refractivity contribution >= 4 is 29.0 Å². The van der Waals surface area contributed by atoms with Crippen molar-refractivity contribution in [1.82, 2.24) is 0 Å². The van der Waals surface area contributed by atoms with Crippen molar-refractivity contribution in [2.24, 2.45) is 5.92 Å². The molecule has 1 heterocycles. The molecule has 1 aliphatic rings. The maximum atomic E-state index is 13.9. The normalized spacial score (nSPS) is 16.7. The minimum absolute atomic E-state index is 0.000379. The molecule has 1 N–H and O–H groups in total. The zero-order valence-corrected chi connectivity index (χ0v) is 14.0. The fourth-order valence-corrected chi connectivity index (χ4v) is 2.88. The lowest BCUT2D eigenvalue weighted by Gasteiger charge is -2.17. The molecular formula is C19H16F2N2O3. The second-order valence-electron chi connectivity index (χ2n) is 6.13. The number of nitrogens with zero attached hydrogens (tertiary/aromatic N) is 1. The molecule has 134 valence electrons. The lowest BCUT2D eigenvalue weighted by molar-refractivity contribution is -0.122. The quantitative estimate of drug-likeness (QED) is 0.854. The van der Waals surface area contributed by atoms with Crippen LogP contribution in [0.3, 0.4) is 0 Å². The van der Waals surface area contributed by atoms with E-state index in [1.807, 2.05) is 0 Å². The Kier molecular flexibility index (Phi) is 4.79. The van der Waals surface area contributed by atoms with Gasteiger partial charge in [-0.1, -0.05) is 12.1 Å². The van der Waals surface area contributed by atoms with E-state index in [1.165, 1.54) is 13.0 Å². The summed E-state index contributed by atoms with van der Waals surface area (Å²) < 4.78 is 26.9. The molecule has 1 saturated heterocycles. The number of benzene rings is 2. The summed E-state index contributed by atoms with van der Waals surface area (Å²) in [5, 5.41) is 2.67. The third-order valence-electron chi connectivity index (χ3n) is 4.23. The largest absolute Gasteiger partial charge is 0.326 e. The number of carbonyl (C=O) groups is 3. The fourth-order valence-electron chi connectivity index (χ4n) is 2.88. The van der Waals surface area contributed by atoms with Crippen molar-refractivity contribution in [2.75, 3.05) is 16.8 Å². The first-order chi connectivity index (χ1) is 12.3. The monoisotopic (exact) mass is 358 g/mol. The van der Waals surface area contributed by atoms with Gasteiger partial charge in [-0.3, -0.25) is 14.4 Å². The van der Waals surface area contributed by atoms with E-state index in [9.17, 15) is 23.2 Å². The van der Waals surface area contributed by atoms with Crippen LogP contribution in [0.4, 0.5) is 20.2 Å². The molecule has 1 fully saturated rings. The van der Waals surface area contributed by atoms with Crippen molar-refractivity contribution in [3.8, 4) is 0 Å². The number of hydrogen-bond acceptors (Lipinski definition) is 3. The molecular weight excluding hydrogens is 342 g/mol. The van der Waals surface area contributed by atoms with E-state index in [2.05, 4.69) is 5.32 Å². The number of nitrogens with one attached hydrogen (secondary N) is 1. The van der Waals surface area contributed by atoms with Crippen molar-refractivity contribution in [3.63, 3.8) is 0 Å². The summed E-state index contributed by atoms with van der Waals surface area (Å²) in [6.45, 7) is 1.42. The second kappa shape index (κ2) is 7.03. The Hall–Kier alpha value is -3.09. The summed E-state index contributed by atoms with van der Waals surface area (Å²) in [4.78, 5) is 37.1. The maximum Gasteiger partial charge on any atom is 0.229 e. The Balaban J connectivity index is 1.73. The SMILES string of the molecule is CC(=O)c1cccc(NC(=O)C2CC(=O)N(c3ccc(F)cc3F)C2)c1. The van der Waals surface area contributed by atoms with Crippen LogP contribution in [-0.4, -0.2) is 24.1 Å². The lowest BCUT2D eigenvalue weighted by atomic mass is 10.1. The van der Waals surface area contributed by atoms with Gasteiger partial charge < -0.3 is 10.2 Å². The standard InChI is InChI=1S/C19H16F2N2O3/c1-11(24)12-3-2-4-15(7-12)22-19(26)13-8-18(25)23(10-13)17-6-5-14(20)9-16(17)21/h2-7,9,13H,8,10H2,1H3,(H,22,26). The lowest BCUT2D eigenvalue weighted by Crippen LogP contribution is -2.28. The van der Waals surface area contributed by atoms with Gasteiger partial charge in [0.05, 0.1) is 11.6 Å². The van der Waals surface area contributed by atoms with Crippen LogP contribution in [0.5, 0.6) is 0 Å². The minimum atomic E-state index is -0.853. The van der Waals surface area contributed by atoms with E-state index in [0.29, 0.717) is 17.3 Å². The smallest absolute Gasteiger partial charge is 0.229 e. The number of Topliss-reactive ketones (excluding diaryl/α,β-unsaturated/α-hetero) is 1. The van der Waals surface area contributed by atoms with Gasteiger partial charge in [0.25, 0.3) is 0 Å². The van der Waals surface area contributed by atoms with E-state index < -0.39 is 29.4 Å². The van der Waals surface area contributed by atoms with E-state index in [-0.39, 0.29) is 24.4 Å². The number of carbonyl (C=O) groups excluding carboxylic acids is 3. The average molecular weight is 358 g/mol. The first-order valence-corrected chi connectivity index (χ1v) is 8.02. The summed E-state index contributed by atoms with van der Waals surface area (Å²) in [6, 6.07) is 9.41. The van der Waals surface area contributed by atoms with E-state index in [4.69, 9.17) is 0 Å². The van der Waals surface area contributed by atoms with Crippen LogP contribution in [0, 0.1) is 17.6 Å². The van der Waals surface area contributed by atoms with E-state index >= 15 is 0 Å². The van der Waals surface area contributed by atoms with Crippen LogP contribution >= 0.6 is 0 Å². The Morgan fingerprint density at radius 2 is 1.92 bits per heavy atom. The highest BCUT2D eigenvalue weighted by atomic mass is 19.1. The van der Waals surface area contributed by atoms with Gasteiger partial charge in [-0.15, -0.1) is 0 Å². The Labute approximate surface area is 148 Å². The highest BCUT2D eigenvalue weighted by Gasteiger charge is 2.36. The molecule has 2 aromatic rings. The van der Waals surface area contributed by atoms with Gasteiger partial charge in [-0.25, -0.2) is 8.78 Å². The van der Waals surface area contributed by atoms with Gasteiger partial charge in [0.1, 0.15) is 11.6 Å². The molecule has 0 aromatic heterocycles. The molecule has 26 heavy (non-hydrogen) atoms. The molecule has 0 aliphatic carbocycles. The fraction of sp³-hybridized carbons (Fsp3) is 0.211. The zero-order valence-electron chi connectivity index (χ0n) is 14.0. The summed E-state index contributed by atoms with van der Waals surface area (Å²) >= 11 is 0. The van der Waals surface area contributed by atoms with Crippen molar-refractivity contribution < 1.29 is 23.2 Å². The second-order valence-corrected chi connectivity index (χ2v) is 6.13. The first kappa shape index (κ1) is 17.7. The number of rotatable bonds is 4. The van der Waals surface area contributed by atoms with Crippen molar-refractivity contribution in [1.29, 1.82) is 0 Å². The molecule has 1 atom stereocenters. The predicted octanol–water partition coefficient (Wildman–Crippen LogP) is 3.16. The van der Waals surface area contributed by atoms with Crippen molar-refractivity contribution in [2.45, 2.75) is 13.3 Å². The molecule has 0 saturated carbocycles. The molecule has 2 amide bonds. The van der Waals surface area contributed by atoms with Crippen LogP contribution in [0.1, 0.15) is 23.7 Å². The van der Waals surface area contributed by atoms with Crippen LogP contribution < -0.4 is 10.2 Å². The summed E-state index contributed by atoms with van der Waals surface area (Å²) in [5.74, 6) is -3.20. The topological polar surface area (TPSA) is 66.5 Å². The van der Waals surface area contributed by atoms with Crippen LogP contribution in [0.15, 0.2) is 42.5 Å². The van der Waals surface area contributed by atoms with Gasteiger partial charge in [0.15, 0.2) is 5.78 Å². The summed E-state index contributed by atoms with van der Waals surface area (Å²) in [6.07, 6.45) is -0.0744. The average Bonchev–Trinajstić information content (AvgIpc) is 2.97. The Morgan fingerprint density at radius 3 is 2.62 bits per heavy atom. The number of anilines is 2. The predicted molar refractivity (Wildman–Crippen MR) is 91.9 cm³/mol. The Morgan fingerprint density at radius 1 is 1.15 bits per heavy atom. The number of amides is 2. The molecule has 0 radical (unpaired) electrons. The third kappa shape index (κ3) is 3.61. The van der Waals surface area contributed by atoms with E-state index in [0.717, 1.165) is 11.0 Å². The number of hydrogen-bond donors (Lipinski definition) is 1. The zero-order chi connectivity index (χ0) is 18.8. The van der Waals surface area contributed by atoms with Gasteiger partial charge in [-0.05, 0) is 31.2 Å². The van der Waals surface area contributed by atoms with Crippen LogP contribution in [-0.2, 0) is 9.59 Å². The van der Waals surface area contributed by atoms with Gasteiger partial charge in [-0.2, -0.15) is 0 Å². The van der Waals surface area contributed by atoms with Crippen molar-refractivity contribution in [3.05, 3.63) is 59.7 Å². The van der Waals surface area contributed by atoms with E-state index in [1.54, 1.807) is 24.3 Å². The molecule has 1 aliphatic heterocycles. The molecule has 5 nitrogen and oxygen atoms in total. The van der Waals surface area contributed by atoms with Crippen LogP contribution in [0.25, 0.3) is 0 Å². The number of ketones is 1. The first-order valence-electron chi connectivity index (χ1n) is 8.02. The van der Waals surface area contributed by atoms with Gasteiger partial charge >= 0.3 is 0 Å². The third-order valence-corrected chi connectivity index (χ3v) is 4.23. The number of halogens is 2. The van der Waals surface area contributed by atoms with Gasteiger partial charge in [0, 0.05) is 30.3 Å². The molecule has 1 unspecified atom stereocenters. The molecule has 3 rings (SSSR count). The molecule has 7 heteroatoms. The minimum Gasteiger partial charge on any atom is -0.326 e. The van der Waals surface area contributed by atoms with Gasteiger partial charge in [0.2, 0.25) is 11.8 Å². The Bertz CT molecular complexity index is 898. The summed E-state index contributed by atoms with van der Waals surface area (Å²) in [5.41, 5.74) is 0.854. The van der Waals surface area contributed by atoms with Crippen LogP contribution in [0.2, 0.25) is 0 Å². The molecule has 0 bridgehead atoms. The highest BCUT2D eigenvalue weighted by Crippen LogP contribution is 2.28.